The average molecular weight is 272 g/mol. The number of likely N-dealkylation sites (tertiary alicyclic amines) is 1. The third-order valence-corrected chi connectivity index (χ3v) is 3.03. The summed E-state index contributed by atoms with van der Waals surface area (Å²) in [5.74, 6) is -0.827. The summed E-state index contributed by atoms with van der Waals surface area (Å²) in [6.07, 6.45) is 1.52. The number of amides is 1. The fourth-order valence-corrected chi connectivity index (χ4v) is 2.21. The number of carboxylic acid groups (broad SMARTS) is 1. The molecular weight excluding hydrogens is 248 g/mol. The number of likely N-dealkylation sites (N-methyl/N-ethyl adjacent to an activating group) is 1. The Bertz CT molecular complexity index is 338. The lowest BCUT2D eigenvalue weighted by atomic mass is 10.2. The van der Waals surface area contributed by atoms with Gasteiger partial charge in [0.2, 0.25) is 0 Å². The standard InChI is InChI=1S/C13H24N2O4/c1-13(2,3)19-12(18)14(4)8-10-6-5-7-15(10)9-11(16)17/h10H,5-9H2,1-4H3,(H,16,17)/t10-/m0/s1. The molecule has 1 heterocycles. The van der Waals surface area contributed by atoms with E-state index in [1.54, 1.807) is 7.05 Å². The molecule has 1 fully saturated rings. The Kier molecular flexibility index (Phi) is 5.17. The Labute approximate surface area is 114 Å². The van der Waals surface area contributed by atoms with Crippen molar-refractivity contribution in [2.24, 2.45) is 0 Å². The van der Waals surface area contributed by atoms with E-state index in [0.717, 1.165) is 19.4 Å². The first-order valence-corrected chi connectivity index (χ1v) is 6.59. The summed E-state index contributed by atoms with van der Waals surface area (Å²) in [4.78, 5) is 26.0. The zero-order valence-electron chi connectivity index (χ0n) is 12.2. The molecule has 0 spiro atoms. The molecule has 0 aromatic heterocycles. The monoisotopic (exact) mass is 272 g/mol. The second kappa shape index (κ2) is 6.23. The van der Waals surface area contributed by atoms with Crippen LogP contribution >= 0.6 is 0 Å². The molecule has 19 heavy (non-hydrogen) atoms. The van der Waals surface area contributed by atoms with Crippen LogP contribution in [0.1, 0.15) is 33.6 Å². The van der Waals surface area contributed by atoms with E-state index >= 15 is 0 Å². The van der Waals surface area contributed by atoms with Crippen molar-refractivity contribution in [3.63, 3.8) is 0 Å². The van der Waals surface area contributed by atoms with E-state index in [-0.39, 0.29) is 18.7 Å². The molecule has 1 rings (SSSR count). The number of rotatable bonds is 4. The molecule has 0 aromatic rings. The van der Waals surface area contributed by atoms with Gasteiger partial charge in [-0.15, -0.1) is 0 Å². The van der Waals surface area contributed by atoms with Crippen molar-refractivity contribution in [3.8, 4) is 0 Å². The second-order valence-corrected chi connectivity index (χ2v) is 6.02. The Morgan fingerprint density at radius 2 is 2.05 bits per heavy atom. The minimum Gasteiger partial charge on any atom is -0.480 e. The molecule has 0 radical (unpaired) electrons. The molecule has 6 nitrogen and oxygen atoms in total. The van der Waals surface area contributed by atoms with E-state index in [2.05, 4.69) is 0 Å². The van der Waals surface area contributed by atoms with Crippen molar-refractivity contribution < 1.29 is 19.4 Å². The molecule has 6 heteroatoms. The molecule has 0 aliphatic carbocycles. The molecule has 1 aliphatic heterocycles. The SMILES string of the molecule is CN(C[C@@H]1CCCN1CC(=O)O)C(=O)OC(C)(C)C. The lowest BCUT2D eigenvalue weighted by molar-refractivity contribution is -0.138. The fourth-order valence-electron chi connectivity index (χ4n) is 2.21. The van der Waals surface area contributed by atoms with E-state index in [9.17, 15) is 9.59 Å². The van der Waals surface area contributed by atoms with Crippen molar-refractivity contribution in [1.29, 1.82) is 0 Å². The Morgan fingerprint density at radius 3 is 2.58 bits per heavy atom. The second-order valence-electron chi connectivity index (χ2n) is 6.02. The van der Waals surface area contributed by atoms with Gasteiger partial charge in [0.25, 0.3) is 0 Å². The Balaban J connectivity index is 2.49. The van der Waals surface area contributed by atoms with Gasteiger partial charge in [0.15, 0.2) is 0 Å². The first-order chi connectivity index (χ1) is 8.69. The summed E-state index contributed by atoms with van der Waals surface area (Å²) in [6.45, 7) is 6.79. The normalized spacial score (nSPS) is 20.3. The van der Waals surface area contributed by atoms with Crippen LogP contribution in [0.25, 0.3) is 0 Å². The third kappa shape index (κ3) is 5.46. The van der Waals surface area contributed by atoms with Crippen molar-refractivity contribution in [2.75, 3.05) is 26.7 Å². The zero-order valence-corrected chi connectivity index (χ0v) is 12.2. The van der Waals surface area contributed by atoms with Crippen LogP contribution in [0, 0.1) is 0 Å². The maximum Gasteiger partial charge on any atom is 0.410 e. The number of carbonyl (C=O) groups excluding carboxylic acids is 1. The van der Waals surface area contributed by atoms with Crippen molar-refractivity contribution >= 4 is 12.1 Å². The maximum atomic E-state index is 11.8. The fraction of sp³-hybridized carbons (Fsp3) is 0.846. The highest BCUT2D eigenvalue weighted by Gasteiger charge is 2.29. The van der Waals surface area contributed by atoms with Crippen molar-refractivity contribution in [1.82, 2.24) is 9.80 Å². The number of hydrogen-bond donors (Lipinski definition) is 1. The Hall–Kier alpha value is -1.30. The van der Waals surface area contributed by atoms with E-state index in [1.807, 2.05) is 25.7 Å². The number of nitrogens with zero attached hydrogens (tertiary/aromatic N) is 2. The van der Waals surface area contributed by atoms with Crippen molar-refractivity contribution in [3.05, 3.63) is 0 Å². The van der Waals surface area contributed by atoms with Crippen LogP contribution in [0.3, 0.4) is 0 Å². The molecule has 1 atom stereocenters. The van der Waals surface area contributed by atoms with Gasteiger partial charge < -0.3 is 14.7 Å². The smallest absolute Gasteiger partial charge is 0.410 e. The van der Waals surface area contributed by atoms with Crippen LogP contribution < -0.4 is 0 Å². The largest absolute Gasteiger partial charge is 0.480 e. The molecule has 1 amide bonds. The minimum atomic E-state index is -0.827. The predicted molar refractivity (Wildman–Crippen MR) is 71.1 cm³/mol. The number of ether oxygens (including phenoxy) is 1. The van der Waals surface area contributed by atoms with Gasteiger partial charge in [-0.25, -0.2) is 4.79 Å². The van der Waals surface area contributed by atoms with Gasteiger partial charge in [-0.05, 0) is 40.2 Å². The van der Waals surface area contributed by atoms with E-state index in [4.69, 9.17) is 9.84 Å². The molecular formula is C13H24N2O4. The van der Waals surface area contributed by atoms with E-state index in [0.29, 0.717) is 6.54 Å². The number of carboxylic acids is 1. The zero-order chi connectivity index (χ0) is 14.6. The lowest BCUT2D eigenvalue weighted by Gasteiger charge is -2.29. The molecule has 0 unspecified atom stereocenters. The summed E-state index contributed by atoms with van der Waals surface area (Å²) in [6, 6.07) is 0.105. The van der Waals surface area contributed by atoms with Crippen LogP contribution in [0.2, 0.25) is 0 Å². The highest BCUT2D eigenvalue weighted by Crippen LogP contribution is 2.18. The summed E-state index contributed by atoms with van der Waals surface area (Å²) >= 11 is 0. The van der Waals surface area contributed by atoms with E-state index in [1.165, 1.54) is 4.90 Å². The van der Waals surface area contributed by atoms with Crippen molar-refractivity contribution in [2.45, 2.75) is 45.3 Å². The number of aliphatic carboxylic acids is 1. The van der Waals surface area contributed by atoms with E-state index < -0.39 is 11.6 Å². The first-order valence-electron chi connectivity index (χ1n) is 6.59. The van der Waals surface area contributed by atoms with Crippen LogP contribution in [-0.2, 0) is 9.53 Å². The molecule has 0 saturated carbocycles. The Morgan fingerprint density at radius 1 is 1.42 bits per heavy atom. The molecule has 110 valence electrons. The molecule has 0 aromatic carbocycles. The van der Waals surface area contributed by atoms with Crippen LogP contribution in [0.5, 0.6) is 0 Å². The average Bonchev–Trinajstić information content (AvgIpc) is 2.62. The molecule has 1 saturated heterocycles. The molecule has 1 N–H and O–H groups in total. The highest BCUT2D eigenvalue weighted by atomic mass is 16.6. The van der Waals surface area contributed by atoms with Gasteiger partial charge in [0.05, 0.1) is 6.54 Å². The van der Waals surface area contributed by atoms with Gasteiger partial charge in [-0.2, -0.15) is 0 Å². The number of carbonyl (C=O) groups is 2. The van der Waals surface area contributed by atoms with Crippen LogP contribution in [-0.4, -0.2) is 65.3 Å². The highest BCUT2D eigenvalue weighted by molar-refractivity contribution is 5.69. The first kappa shape index (κ1) is 15.8. The van der Waals surface area contributed by atoms with Gasteiger partial charge in [-0.3, -0.25) is 9.69 Å². The minimum absolute atomic E-state index is 0.0345. The topological polar surface area (TPSA) is 70.1 Å². The lowest BCUT2D eigenvalue weighted by Crippen LogP contribution is -2.44. The summed E-state index contributed by atoms with van der Waals surface area (Å²) in [5, 5.41) is 8.84. The summed E-state index contributed by atoms with van der Waals surface area (Å²) in [5.41, 5.74) is -0.512. The molecule has 1 aliphatic rings. The van der Waals surface area contributed by atoms with Gasteiger partial charge in [-0.1, -0.05) is 0 Å². The van der Waals surface area contributed by atoms with Gasteiger partial charge in [0, 0.05) is 19.6 Å². The summed E-state index contributed by atoms with van der Waals surface area (Å²) < 4.78 is 5.28. The summed E-state index contributed by atoms with van der Waals surface area (Å²) in [7, 11) is 1.69. The maximum absolute atomic E-state index is 11.8. The van der Waals surface area contributed by atoms with Gasteiger partial charge >= 0.3 is 12.1 Å². The van der Waals surface area contributed by atoms with Gasteiger partial charge in [0.1, 0.15) is 5.60 Å². The third-order valence-electron chi connectivity index (χ3n) is 3.03. The predicted octanol–water partition coefficient (Wildman–Crippen LogP) is 1.40. The van der Waals surface area contributed by atoms with Crippen LogP contribution in [0.4, 0.5) is 4.79 Å². The number of hydrogen-bond acceptors (Lipinski definition) is 4. The van der Waals surface area contributed by atoms with Crippen LogP contribution in [0.15, 0.2) is 0 Å². The molecule has 0 bridgehead atoms. The quantitative estimate of drug-likeness (QED) is 0.837.